The predicted molar refractivity (Wildman–Crippen MR) is 115 cm³/mol. The minimum Gasteiger partial charge on any atom is -0.320 e. The van der Waals surface area contributed by atoms with E-state index < -0.39 is 0 Å². The molecule has 3 amide bonds. The average molecular weight is 418 g/mol. The maximum absolute atomic E-state index is 12.9. The van der Waals surface area contributed by atoms with E-state index in [0.717, 1.165) is 4.90 Å². The molecule has 1 aliphatic rings. The molecule has 2 aromatic carbocycles. The summed E-state index contributed by atoms with van der Waals surface area (Å²) in [6, 6.07) is 15.8. The summed E-state index contributed by atoms with van der Waals surface area (Å²) in [5.74, 6) is -1.03. The van der Waals surface area contributed by atoms with Crippen LogP contribution in [0.25, 0.3) is 5.69 Å². The monoisotopic (exact) mass is 418 g/mol. The van der Waals surface area contributed by atoms with Gasteiger partial charge in [-0.3, -0.25) is 28.8 Å². The maximum Gasteiger partial charge on any atom is 0.295 e. The average Bonchev–Trinajstić information content (AvgIpc) is 3.14. The van der Waals surface area contributed by atoms with Crippen molar-refractivity contribution in [2.75, 3.05) is 11.9 Å². The van der Waals surface area contributed by atoms with Crippen molar-refractivity contribution in [1.82, 2.24) is 14.3 Å². The molecule has 0 saturated carbocycles. The van der Waals surface area contributed by atoms with Gasteiger partial charge in [0.25, 0.3) is 17.4 Å². The van der Waals surface area contributed by atoms with Crippen LogP contribution in [0.1, 0.15) is 39.3 Å². The molecule has 8 nitrogen and oxygen atoms in total. The number of anilines is 1. The molecular formula is C23H22N4O4. The minimum absolute atomic E-state index is 0.0759. The maximum atomic E-state index is 12.9. The Hall–Kier alpha value is -3.94. The van der Waals surface area contributed by atoms with Crippen LogP contribution in [0.15, 0.2) is 59.4 Å². The topological polar surface area (TPSA) is 93.4 Å². The Balaban J connectivity index is 1.41. The molecule has 0 bridgehead atoms. The number of benzene rings is 2. The highest BCUT2D eigenvalue weighted by molar-refractivity contribution is 6.21. The number of imide groups is 1. The first-order valence-electron chi connectivity index (χ1n) is 9.99. The molecule has 3 aromatic rings. The minimum atomic E-state index is -0.345. The lowest BCUT2D eigenvalue weighted by molar-refractivity contribution is -0.116. The molecule has 8 heteroatoms. The van der Waals surface area contributed by atoms with E-state index in [1.54, 1.807) is 42.9 Å². The number of para-hydroxylation sites is 1. The van der Waals surface area contributed by atoms with E-state index in [9.17, 15) is 19.2 Å². The second-order valence-corrected chi connectivity index (χ2v) is 7.40. The number of nitrogens with one attached hydrogen (secondary N) is 1. The highest BCUT2D eigenvalue weighted by atomic mass is 16.2. The van der Waals surface area contributed by atoms with Crippen LogP contribution in [0, 0.1) is 6.92 Å². The van der Waals surface area contributed by atoms with Crippen LogP contribution in [-0.2, 0) is 11.8 Å². The number of fused-ring (bicyclic) bond motifs is 1. The Morgan fingerprint density at radius 3 is 2.10 bits per heavy atom. The Labute approximate surface area is 178 Å². The lowest BCUT2D eigenvalue weighted by Gasteiger charge is -2.13. The van der Waals surface area contributed by atoms with Crippen molar-refractivity contribution in [2.45, 2.75) is 19.8 Å². The molecule has 0 unspecified atom stereocenters. The number of carbonyl (C=O) groups is 3. The fraction of sp³-hybridized carbons (Fsp3) is 0.217. The molecule has 2 heterocycles. The van der Waals surface area contributed by atoms with Gasteiger partial charge in [0.2, 0.25) is 5.91 Å². The zero-order valence-corrected chi connectivity index (χ0v) is 17.3. The third-order valence-corrected chi connectivity index (χ3v) is 5.48. The summed E-state index contributed by atoms with van der Waals surface area (Å²) in [6.07, 6.45) is 0.378. The van der Waals surface area contributed by atoms with Gasteiger partial charge in [-0.2, -0.15) is 0 Å². The molecule has 0 aliphatic carbocycles. The van der Waals surface area contributed by atoms with Gasteiger partial charge in [-0.05, 0) is 37.6 Å². The smallest absolute Gasteiger partial charge is 0.295 e. The van der Waals surface area contributed by atoms with Gasteiger partial charge in [0, 0.05) is 20.0 Å². The van der Waals surface area contributed by atoms with Gasteiger partial charge in [-0.15, -0.1) is 0 Å². The Morgan fingerprint density at radius 2 is 1.48 bits per heavy atom. The van der Waals surface area contributed by atoms with Crippen molar-refractivity contribution < 1.29 is 14.4 Å². The first-order valence-corrected chi connectivity index (χ1v) is 9.99. The molecule has 1 N–H and O–H groups in total. The van der Waals surface area contributed by atoms with Gasteiger partial charge in [0.15, 0.2) is 0 Å². The normalized spacial score (nSPS) is 12.9. The van der Waals surface area contributed by atoms with Crippen molar-refractivity contribution in [3.63, 3.8) is 0 Å². The number of carbonyl (C=O) groups excluding carboxylic acids is 3. The quantitative estimate of drug-likeness (QED) is 0.623. The van der Waals surface area contributed by atoms with Crippen molar-refractivity contribution in [1.29, 1.82) is 0 Å². The van der Waals surface area contributed by atoms with Crippen molar-refractivity contribution in [3.05, 3.63) is 81.8 Å². The second-order valence-electron chi connectivity index (χ2n) is 7.40. The zero-order valence-electron chi connectivity index (χ0n) is 17.3. The molecule has 31 heavy (non-hydrogen) atoms. The van der Waals surface area contributed by atoms with E-state index >= 15 is 0 Å². The van der Waals surface area contributed by atoms with Crippen molar-refractivity contribution >= 4 is 23.4 Å². The predicted octanol–water partition coefficient (Wildman–Crippen LogP) is 2.50. The lowest BCUT2D eigenvalue weighted by atomic mass is 10.1. The Morgan fingerprint density at radius 1 is 0.903 bits per heavy atom. The molecule has 4 rings (SSSR count). The molecule has 0 spiro atoms. The molecule has 158 valence electrons. The van der Waals surface area contributed by atoms with E-state index in [1.807, 2.05) is 30.3 Å². The molecule has 1 aliphatic heterocycles. The summed E-state index contributed by atoms with van der Waals surface area (Å²) < 4.78 is 3.18. The van der Waals surface area contributed by atoms with E-state index in [1.165, 1.54) is 4.68 Å². The highest BCUT2D eigenvalue weighted by Crippen LogP contribution is 2.22. The number of hydrogen-bond acceptors (Lipinski definition) is 4. The van der Waals surface area contributed by atoms with Gasteiger partial charge in [-0.1, -0.05) is 30.3 Å². The van der Waals surface area contributed by atoms with Gasteiger partial charge in [0.1, 0.15) is 5.69 Å². The van der Waals surface area contributed by atoms with Crippen LogP contribution >= 0.6 is 0 Å². The molecule has 0 radical (unpaired) electrons. The van der Waals surface area contributed by atoms with E-state index in [0.29, 0.717) is 28.9 Å². The van der Waals surface area contributed by atoms with E-state index in [4.69, 9.17) is 0 Å². The largest absolute Gasteiger partial charge is 0.320 e. The van der Waals surface area contributed by atoms with E-state index in [-0.39, 0.29) is 41.9 Å². The van der Waals surface area contributed by atoms with Crippen LogP contribution in [-0.4, -0.2) is 38.5 Å². The SMILES string of the molecule is Cc1c(NC(=O)CCCN2C(=O)c3ccccc3C2=O)c(=O)n(-c2ccccc2)n1C. The van der Waals surface area contributed by atoms with Crippen molar-refractivity contribution in [2.24, 2.45) is 7.05 Å². The summed E-state index contributed by atoms with van der Waals surface area (Å²) in [7, 11) is 1.75. The van der Waals surface area contributed by atoms with Gasteiger partial charge in [-0.25, -0.2) is 4.68 Å². The molecule has 1 aromatic heterocycles. The van der Waals surface area contributed by atoms with Gasteiger partial charge < -0.3 is 5.32 Å². The van der Waals surface area contributed by atoms with Gasteiger partial charge >= 0.3 is 0 Å². The van der Waals surface area contributed by atoms with Crippen LogP contribution < -0.4 is 10.9 Å². The number of nitrogens with zero attached hydrogens (tertiary/aromatic N) is 3. The first-order chi connectivity index (χ1) is 14.9. The summed E-state index contributed by atoms with van der Waals surface area (Å²) in [5, 5.41) is 2.69. The van der Waals surface area contributed by atoms with E-state index in [2.05, 4.69) is 5.32 Å². The third-order valence-electron chi connectivity index (χ3n) is 5.48. The van der Waals surface area contributed by atoms with Crippen molar-refractivity contribution in [3.8, 4) is 5.69 Å². The fourth-order valence-corrected chi connectivity index (χ4v) is 3.75. The van der Waals surface area contributed by atoms with Gasteiger partial charge in [0.05, 0.1) is 22.5 Å². The van der Waals surface area contributed by atoms with Crippen LogP contribution in [0.3, 0.4) is 0 Å². The summed E-state index contributed by atoms with van der Waals surface area (Å²) in [5.41, 5.74) is 2.00. The van der Waals surface area contributed by atoms with Crippen LogP contribution in [0.5, 0.6) is 0 Å². The highest BCUT2D eigenvalue weighted by Gasteiger charge is 2.34. The molecule has 0 fully saturated rings. The molecule has 0 atom stereocenters. The van der Waals surface area contributed by atoms with Crippen LogP contribution in [0.4, 0.5) is 5.69 Å². The first kappa shape index (κ1) is 20.3. The number of amides is 3. The number of rotatable bonds is 6. The number of aromatic nitrogens is 2. The standard InChI is InChI=1S/C23H22N4O4/c1-15-20(23(31)27(25(15)2)16-9-4-3-5-10-16)24-19(28)13-8-14-26-21(29)17-11-6-7-12-18(17)22(26)30/h3-7,9-12H,8,13-14H2,1-2H3,(H,24,28). The van der Waals surface area contributed by atoms with Crippen LogP contribution in [0.2, 0.25) is 0 Å². The Bertz CT molecular complexity index is 1210. The molecule has 0 saturated heterocycles. The fourth-order valence-electron chi connectivity index (χ4n) is 3.75. The molecular weight excluding hydrogens is 396 g/mol. The third kappa shape index (κ3) is 3.56. The summed E-state index contributed by atoms with van der Waals surface area (Å²) in [6.45, 7) is 1.90. The zero-order chi connectivity index (χ0) is 22.1. The summed E-state index contributed by atoms with van der Waals surface area (Å²) >= 11 is 0. The number of hydrogen-bond donors (Lipinski definition) is 1. The summed E-state index contributed by atoms with van der Waals surface area (Å²) in [4.78, 5) is 51.3. The Kier molecular flexibility index (Phi) is 5.29. The lowest BCUT2D eigenvalue weighted by Crippen LogP contribution is -2.31. The second kappa shape index (κ2) is 8.06.